The first-order valence-corrected chi connectivity index (χ1v) is 10.5. The molecule has 0 unspecified atom stereocenters. The average Bonchev–Trinajstić information content (AvgIpc) is 3.28. The SMILES string of the molecule is CN1CCCc2cc(CNC(=O)c3ccc(NC(=O)c4cccs4)cc3)ccc21. The Morgan fingerprint density at radius 1 is 1.07 bits per heavy atom. The van der Waals surface area contributed by atoms with E-state index in [2.05, 4.69) is 40.8 Å². The molecule has 0 atom stereocenters. The van der Waals surface area contributed by atoms with Crippen molar-refractivity contribution in [3.05, 3.63) is 81.5 Å². The first-order chi connectivity index (χ1) is 14.1. The molecule has 2 N–H and O–H groups in total. The monoisotopic (exact) mass is 405 g/mol. The molecule has 0 aliphatic carbocycles. The lowest BCUT2D eigenvalue weighted by Gasteiger charge is -2.27. The molecule has 2 heterocycles. The van der Waals surface area contributed by atoms with E-state index in [1.165, 1.54) is 22.6 Å². The van der Waals surface area contributed by atoms with E-state index in [1.54, 1.807) is 30.3 Å². The van der Waals surface area contributed by atoms with Crippen LogP contribution in [0.1, 0.15) is 37.6 Å². The van der Waals surface area contributed by atoms with E-state index in [0.717, 1.165) is 24.9 Å². The third kappa shape index (κ3) is 4.49. The number of hydrogen-bond acceptors (Lipinski definition) is 4. The van der Waals surface area contributed by atoms with Crippen molar-refractivity contribution in [1.82, 2.24) is 5.32 Å². The number of carbonyl (C=O) groups excluding carboxylic acids is 2. The zero-order valence-electron chi connectivity index (χ0n) is 16.3. The second-order valence-electron chi connectivity index (χ2n) is 7.18. The molecule has 2 aromatic carbocycles. The lowest BCUT2D eigenvalue weighted by Crippen LogP contribution is -2.25. The molecule has 3 aromatic rings. The topological polar surface area (TPSA) is 61.4 Å². The average molecular weight is 406 g/mol. The highest BCUT2D eigenvalue weighted by molar-refractivity contribution is 7.12. The van der Waals surface area contributed by atoms with Crippen molar-refractivity contribution in [2.24, 2.45) is 0 Å². The number of aryl methyl sites for hydroxylation is 1. The van der Waals surface area contributed by atoms with Gasteiger partial charge >= 0.3 is 0 Å². The van der Waals surface area contributed by atoms with Gasteiger partial charge in [-0.15, -0.1) is 11.3 Å². The number of thiophene rings is 1. The summed E-state index contributed by atoms with van der Waals surface area (Å²) in [5, 5.41) is 7.68. The van der Waals surface area contributed by atoms with E-state index in [9.17, 15) is 9.59 Å². The van der Waals surface area contributed by atoms with Crippen molar-refractivity contribution >= 4 is 34.5 Å². The minimum absolute atomic E-state index is 0.129. The molecule has 2 amide bonds. The molecule has 1 aliphatic rings. The first kappa shape index (κ1) is 19.2. The number of nitrogens with zero attached hydrogens (tertiary/aromatic N) is 1. The summed E-state index contributed by atoms with van der Waals surface area (Å²) in [7, 11) is 2.12. The molecule has 4 rings (SSSR count). The Morgan fingerprint density at radius 2 is 1.90 bits per heavy atom. The standard InChI is InChI=1S/C23H23N3O2S/c1-26-12-2-4-18-14-16(6-11-20(18)26)15-24-22(27)17-7-9-19(10-8-17)25-23(28)21-5-3-13-29-21/h3,5-11,13-14H,2,4,12,15H2,1H3,(H,24,27)(H,25,28). The van der Waals surface area contributed by atoms with Crippen molar-refractivity contribution in [1.29, 1.82) is 0 Å². The summed E-state index contributed by atoms with van der Waals surface area (Å²) in [6.45, 7) is 1.58. The predicted octanol–water partition coefficient (Wildman–Crippen LogP) is 4.31. The maximum atomic E-state index is 12.5. The van der Waals surface area contributed by atoms with E-state index in [1.807, 2.05) is 11.4 Å². The van der Waals surface area contributed by atoms with Crippen LogP contribution in [0.15, 0.2) is 60.0 Å². The van der Waals surface area contributed by atoms with E-state index >= 15 is 0 Å². The van der Waals surface area contributed by atoms with E-state index < -0.39 is 0 Å². The van der Waals surface area contributed by atoms with Gasteiger partial charge in [0.25, 0.3) is 11.8 Å². The largest absolute Gasteiger partial charge is 0.374 e. The minimum Gasteiger partial charge on any atom is -0.374 e. The number of rotatable bonds is 5. The maximum Gasteiger partial charge on any atom is 0.265 e. The molecule has 0 radical (unpaired) electrons. The molecule has 0 bridgehead atoms. The third-order valence-electron chi connectivity index (χ3n) is 5.10. The van der Waals surface area contributed by atoms with Crippen LogP contribution in [-0.2, 0) is 13.0 Å². The number of anilines is 2. The Bertz CT molecular complexity index is 1010. The first-order valence-electron chi connectivity index (χ1n) is 9.66. The fraction of sp³-hybridized carbons (Fsp3) is 0.217. The summed E-state index contributed by atoms with van der Waals surface area (Å²) in [5.74, 6) is -0.272. The predicted molar refractivity (Wildman–Crippen MR) is 118 cm³/mol. The second kappa shape index (κ2) is 8.49. The number of benzene rings is 2. The van der Waals surface area contributed by atoms with Crippen LogP contribution in [0.3, 0.4) is 0 Å². The normalized spacial score (nSPS) is 12.9. The van der Waals surface area contributed by atoms with Gasteiger partial charge in [-0.05, 0) is 65.7 Å². The van der Waals surface area contributed by atoms with Gasteiger partial charge in [-0.2, -0.15) is 0 Å². The highest BCUT2D eigenvalue weighted by Crippen LogP contribution is 2.26. The maximum absolute atomic E-state index is 12.5. The number of hydrogen-bond donors (Lipinski definition) is 2. The highest BCUT2D eigenvalue weighted by atomic mass is 32.1. The Hall–Kier alpha value is -3.12. The van der Waals surface area contributed by atoms with Gasteiger partial charge < -0.3 is 15.5 Å². The van der Waals surface area contributed by atoms with Crippen molar-refractivity contribution in [3.63, 3.8) is 0 Å². The molecular formula is C23H23N3O2S. The van der Waals surface area contributed by atoms with Crippen LogP contribution < -0.4 is 15.5 Å². The lowest BCUT2D eigenvalue weighted by molar-refractivity contribution is 0.0950. The van der Waals surface area contributed by atoms with Crippen LogP contribution in [0.4, 0.5) is 11.4 Å². The van der Waals surface area contributed by atoms with Crippen molar-refractivity contribution in [2.45, 2.75) is 19.4 Å². The summed E-state index contributed by atoms with van der Waals surface area (Å²) >= 11 is 1.39. The quantitative estimate of drug-likeness (QED) is 0.665. The van der Waals surface area contributed by atoms with Crippen molar-refractivity contribution in [2.75, 3.05) is 23.8 Å². The number of nitrogens with one attached hydrogen (secondary N) is 2. The molecule has 1 aliphatic heterocycles. The Balaban J connectivity index is 1.35. The van der Waals surface area contributed by atoms with Gasteiger partial charge in [0.15, 0.2) is 0 Å². The molecular weight excluding hydrogens is 382 g/mol. The molecule has 29 heavy (non-hydrogen) atoms. The summed E-state index contributed by atoms with van der Waals surface area (Å²) in [4.78, 5) is 27.5. The van der Waals surface area contributed by atoms with Crippen LogP contribution >= 0.6 is 11.3 Å². The zero-order chi connectivity index (χ0) is 20.2. The van der Waals surface area contributed by atoms with E-state index in [0.29, 0.717) is 22.7 Å². The Morgan fingerprint density at radius 3 is 2.66 bits per heavy atom. The minimum atomic E-state index is -0.143. The van der Waals surface area contributed by atoms with Gasteiger partial charge in [0.1, 0.15) is 0 Å². The molecule has 0 fully saturated rings. The van der Waals surface area contributed by atoms with Crippen molar-refractivity contribution in [3.8, 4) is 0 Å². The van der Waals surface area contributed by atoms with Gasteiger partial charge in [-0.25, -0.2) is 0 Å². The fourth-order valence-electron chi connectivity index (χ4n) is 3.54. The van der Waals surface area contributed by atoms with Crippen LogP contribution in [0, 0.1) is 0 Å². The van der Waals surface area contributed by atoms with E-state index in [4.69, 9.17) is 0 Å². The summed E-state index contributed by atoms with van der Waals surface area (Å²) in [6, 6.07) is 17.0. The van der Waals surface area contributed by atoms with E-state index in [-0.39, 0.29) is 11.8 Å². The molecule has 0 saturated carbocycles. The molecule has 0 saturated heterocycles. The third-order valence-corrected chi connectivity index (χ3v) is 5.97. The fourth-order valence-corrected chi connectivity index (χ4v) is 4.16. The van der Waals surface area contributed by atoms with Gasteiger partial charge in [-0.3, -0.25) is 9.59 Å². The highest BCUT2D eigenvalue weighted by Gasteiger charge is 2.14. The van der Waals surface area contributed by atoms with Gasteiger partial charge in [-0.1, -0.05) is 18.2 Å². The van der Waals surface area contributed by atoms with Crippen LogP contribution in [0.5, 0.6) is 0 Å². The summed E-state index contributed by atoms with van der Waals surface area (Å²) in [6.07, 6.45) is 2.24. The molecule has 148 valence electrons. The molecule has 6 heteroatoms. The molecule has 5 nitrogen and oxygen atoms in total. The number of amides is 2. The molecule has 0 spiro atoms. The van der Waals surface area contributed by atoms with Gasteiger partial charge in [0, 0.05) is 37.1 Å². The Labute approximate surface area is 174 Å². The lowest BCUT2D eigenvalue weighted by atomic mass is 9.99. The number of fused-ring (bicyclic) bond motifs is 1. The van der Waals surface area contributed by atoms with Crippen LogP contribution in [0.2, 0.25) is 0 Å². The Kier molecular flexibility index (Phi) is 5.62. The van der Waals surface area contributed by atoms with Crippen LogP contribution in [0.25, 0.3) is 0 Å². The van der Waals surface area contributed by atoms with Gasteiger partial charge in [0.05, 0.1) is 4.88 Å². The van der Waals surface area contributed by atoms with Crippen molar-refractivity contribution < 1.29 is 9.59 Å². The smallest absolute Gasteiger partial charge is 0.265 e. The van der Waals surface area contributed by atoms with Crippen LogP contribution in [-0.4, -0.2) is 25.4 Å². The molecule has 1 aromatic heterocycles. The van der Waals surface area contributed by atoms with Gasteiger partial charge in [0.2, 0.25) is 0 Å². The second-order valence-corrected chi connectivity index (χ2v) is 8.13. The number of carbonyl (C=O) groups is 2. The zero-order valence-corrected chi connectivity index (χ0v) is 17.1. The summed E-state index contributed by atoms with van der Waals surface area (Å²) in [5.41, 5.74) is 4.96. The summed E-state index contributed by atoms with van der Waals surface area (Å²) < 4.78 is 0.